The second-order valence-electron chi connectivity index (χ2n) is 4.70. The van der Waals surface area contributed by atoms with Crippen LogP contribution in [0.3, 0.4) is 0 Å². The molecule has 0 saturated heterocycles. The molecule has 1 amide bonds. The van der Waals surface area contributed by atoms with Crippen molar-refractivity contribution in [2.75, 3.05) is 5.32 Å². The van der Waals surface area contributed by atoms with Crippen LogP contribution in [0.5, 0.6) is 0 Å². The first kappa shape index (κ1) is 16.0. The highest BCUT2D eigenvalue weighted by molar-refractivity contribution is 9.10. The number of aromatic amines is 1. The second-order valence-corrected chi connectivity index (χ2v) is 6.39. The van der Waals surface area contributed by atoms with Gasteiger partial charge >= 0.3 is 0 Å². The molecule has 2 heterocycles. The fourth-order valence-electron chi connectivity index (χ4n) is 1.94. The van der Waals surface area contributed by atoms with Gasteiger partial charge in [0.1, 0.15) is 5.69 Å². The van der Waals surface area contributed by atoms with Crippen LogP contribution in [0.2, 0.25) is 10.0 Å². The summed E-state index contributed by atoms with van der Waals surface area (Å²) in [6.45, 7) is 0.552. The average molecular weight is 415 g/mol. The van der Waals surface area contributed by atoms with Gasteiger partial charge in [-0.15, -0.1) is 0 Å². The third-order valence-electron chi connectivity index (χ3n) is 3.03. The SMILES string of the molecule is O=C(Nc1nn(Cc2ccc(Cl)cc2)cc1Br)c1[nH]ncc1Cl. The zero-order chi connectivity index (χ0) is 16.4. The molecule has 0 aliphatic carbocycles. The molecule has 2 aromatic heterocycles. The summed E-state index contributed by atoms with van der Waals surface area (Å²) in [4.78, 5) is 12.1. The number of benzene rings is 1. The number of hydrogen-bond donors (Lipinski definition) is 2. The first-order valence-corrected chi connectivity index (χ1v) is 8.05. The molecule has 118 valence electrons. The standard InChI is InChI=1S/C14H10BrCl2N5O/c15-10-7-22(6-8-1-3-9(16)4-2-8)21-13(10)19-14(23)12-11(17)5-18-20-12/h1-5,7H,6H2,(H,18,20)(H,19,21,23). The summed E-state index contributed by atoms with van der Waals surface area (Å²) < 4.78 is 2.37. The van der Waals surface area contributed by atoms with Crippen LogP contribution in [0.15, 0.2) is 41.1 Å². The summed E-state index contributed by atoms with van der Waals surface area (Å²) in [6, 6.07) is 7.47. The van der Waals surface area contributed by atoms with Gasteiger partial charge in [-0.05, 0) is 33.6 Å². The van der Waals surface area contributed by atoms with Crippen molar-refractivity contribution in [2.24, 2.45) is 0 Å². The predicted octanol–water partition coefficient (Wildman–Crippen LogP) is 3.98. The van der Waals surface area contributed by atoms with Gasteiger partial charge in [-0.1, -0.05) is 35.3 Å². The smallest absolute Gasteiger partial charge is 0.276 e. The van der Waals surface area contributed by atoms with Crippen molar-refractivity contribution >= 4 is 50.9 Å². The molecule has 3 aromatic rings. The van der Waals surface area contributed by atoms with Gasteiger partial charge in [-0.2, -0.15) is 10.2 Å². The molecule has 3 rings (SSSR count). The number of anilines is 1. The minimum atomic E-state index is -0.412. The Balaban J connectivity index is 1.74. The van der Waals surface area contributed by atoms with Gasteiger partial charge in [0, 0.05) is 11.2 Å². The fourth-order valence-corrected chi connectivity index (χ4v) is 2.66. The van der Waals surface area contributed by atoms with Gasteiger partial charge < -0.3 is 5.32 Å². The molecule has 0 unspecified atom stereocenters. The van der Waals surface area contributed by atoms with Crippen LogP contribution >= 0.6 is 39.1 Å². The molecular weight excluding hydrogens is 405 g/mol. The highest BCUT2D eigenvalue weighted by Gasteiger charge is 2.16. The lowest BCUT2D eigenvalue weighted by molar-refractivity contribution is 0.102. The van der Waals surface area contributed by atoms with E-state index in [0.717, 1.165) is 5.56 Å². The molecular formula is C14H10BrCl2N5O. The number of nitrogens with one attached hydrogen (secondary N) is 2. The highest BCUT2D eigenvalue weighted by atomic mass is 79.9. The molecule has 0 aliphatic rings. The number of halogens is 3. The number of hydrogen-bond acceptors (Lipinski definition) is 3. The van der Waals surface area contributed by atoms with Gasteiger partial charge in [0.25, 0.3) is 5.91 Å². The number of aromatic nitrogens is 4. The Morgan fingerprint density at radius 3 is 2.70 bits per heavy atom. The summed E-state index contributed by atoms with van der Waals surface area (Å²) in [5.74, 6) is -0.0143. The molecule has 0 spiro atoms. The number of H-pyrrole nitrogens is 1. The minimum absolute atomic E-state index is 0.186. The Bertz CT molecular complexity index is 843. The lowest BCUT2D eigenvalue weighted by Crippen LogP contribution is -2.14. The van der Waals surface area contributed by atoms with Crippen molar-refractivity contribution in [3.63, 3.8) is 0 Å². The van der Waals surface area contributed by atoms with Gasteiger partial charge in [-0.3, -0.25) is 14.6 Å². The molecule has 6 nitrogen and oxygen atoms in total. The van der Waals surface area contributed by atoms with Crippen LogP contribution in [-0.2, 0) is 6.54 Å². The molecule has 0 radical (unpaired) electrons. The van der Waals surface area contributed by atoms with Crippen molar-refractivity contribution in [1.82, 2.24) is 20.0 Å². The predicted molar refractivity (Wildman–Crippen MR) is 92.0 cm³/mol. The number of rotatable bonds is 4. The van der Waals surface area contributed by atoms with Crippen molar-refractivity contribution in [1.29, 1.82) is 0 Å². The van der Waals surface area contributed by atoms with E-state index in [1.165, 1.54) is 6.20 Å². The first-order valence-electron chi connectivity index (χ1n) is 6.50. The maximum atomic E-state index is 12.1. The second kappa shape index (κ2) is 6.74. The van der Waals surface area contributed by atoms with Gasteiger partial charge in [0.2, 0.25) is 0 Å². The fraction of sp³-hybridized carbons (Fsp3) is 0.0714. The van der Waals surface area contributed by atoms with Gasteiger partial charge in [0.05, 0.1) is 22.2 Å². The van der Waals surface area contributed by atoms with E-state index in [-0.39, 0.29) is 10.7 Å². The number of amides is 1. The van der Waals surface area contributed by atoms with E-state index >= 15 is 0 Å². The van der Waals surface area contributed by atoms with Gasteiger partial charge in [-0.25, -0.2) is 0 Å². The molecule has 0 atom stereocenters. The lowest BCUT2D eigenvalue weighted by atomic mass is 10.2. The van der Waals surface area contributed by atoms with E-state index < -0.39 is 5.91 Å². The number of nitrogens with zero attached hydrogens (tertiary/aromatic N) is 3. The van der Waals surface area contributed by atoms with Crippen LogP contribution in [-0.4, -0.2) is 25.9 Å². The van der Waals surface area contributed by atoms with E-state index in [0.29, 0.717) is 21.9 Å². The first-order chi connectivity index (χ1) is 11.0. The molecule has 9 heteroatoms. The van der Waals surface area contributed by atoms with E-state index in [2.05, 4.69) is 36.5 Å². The lowest BCUT2D eigenvalue weighted by Gasteiger charge is -2.02. The Morgan fingerprint density at radius 1 is 1.30 bits per heavy atom. The van der Waals surface area contributed by atoms with Crippen LogP contribution in [0.25, 0.3) is 0 Å². The van der Waals surface area contributed by atoms with Crippen molar-refractivity contribution in [2.45, 2.75) is 6.54 Å². The van der Waals surface area contributed by atoms with E-state index in [1.54, 1.807) is 10.9 Å². The summed E-state index contributed by atoms with van der Waals surface area (Å²) in [5.41, 5.74) is 1.23. The topological polar surface area (TPSA) is 75.6 Å². The third kappa shape index (κ3) is 3.74. The summed E-state index contributed by atoms with van der Waals surface area (Å²) in [6.07, 6.45) is 3.14. The monoisotopic (exact) mass is 413 g/mol. The molecule has 23 heavy (non-hydrogen) atoms. The molecule has 0 saturated carbocycles. The molecule has 0 bridgehead atoms. The Morgan fingerprint density at radius 2 is 2.04 bits per heavy atom. The molecule has 0 fully saturated rings. The maximum absolute atomic E-state index is 12.1. The zero-order valence-electron chi connectivity index (χ0n) is 11.6. The Hall–Kier alpha value is -1.83. The van der Waals surface area contributed by atoms with Crippen molar-refractivity contribution < 1.29 is 4.79 Å². The highest BCUT2D eigenvalue weighted by Crippen LogP contribution is 2.22. The summed E-state index contributed by atoms with van der Waals surface area (Å²) in [5, 5.41) is 14.2. The van der Waals surface area contributed by atoms with Crippen LogP contribution in [0.1, 0.15) is 16.1 Å². The van der Waals surface area contributed by atoms with Crippen LogP contribution in [0, 0.1) is 0 Å². The minimum Gasteiger partial charge on any atom is -0.303 e. The van der Waals surface area contributed by atoms with E-state index in [1.807, 2.05) is 24.3 Å². The van der Waals surface area contributed by atoms with Crippen LogP contribution in [0.4, 0.5) is 5.82 Å². The van der Waals surface area contributed by atoms with E-state index in [9.17, 15) is 4.79 Å². The van der Waals surface area contributed by atoms with E-state index in [4.69, 9.17) is 23.2 Å². The maximum Gasteiger partial charge on any atom is 0.276 e. The molecule has 0 aliphatic heterocycles. The largest absolute Gasteiger partial charge is 0.303 e. The number of carbonyl (C=O) groups is 1. The van der Waals surface area contributed by atoms with Crippen molar-refractivity contribution in [3.8, 4) is 0 Å². The van der Waals surface area contributed by atoms with Crippen LogP contribution < -0.4 is 5.32 Å². The Kier molecular flexibility index (Phi) is 4.70. The Labute approximate surface area is 149 Å². The average Bonchev–Trinajstić information content (AvgIpc) is 3.08. The normalized spacial score (nSPS) is 10.7. The van der Waals surface area contributed by atoms with Crippen molar-refractivity contribution in [3.05, 3.63) is 62.4 Å². The zero-order valence-corrected chi connectivity index (χ0v) is 14.7. The molecule has 1 aromatic carbocycles. The summed E-state index contributed by atoms with van der Waals surface area (Å²) >= 11 is 15.1. The quantitative estimate of drug-likeness (QED) is 0.677. The number of carbonyl (C=O) groups excluding carboxylic acids is 1. The summed E-state index contributed by atoms with van der Waals surface area (Å²) in [7, 11) is 0. The molecule has 2 N–H and O–H groups in total. The van der Waals surface area contributed by atoms with Gasteiger partial charge in [0.15, 0.2) is 5.82 Å². The third-order valence-corrected chi connectivity index (χ3v) is 4.15.